The number of quaternary nitrogens is 1. The molecule has 1 amide bonds. The SMILES string of the molecule is Cc1ccc2nc(-c3ccc(NC(=O)C[NH+]4CCN(S(=O)(=O)c5ccc(F)cc5)CC4)cc3)sc2c1. The summed E-state index contributed by atoms with van der Waals surface area (Å²) < 4.78 is 41.2. The zero-order chi connectivity index (χ0) is 25.3. The number of fused-ring (bicyclic) bond motifs is 1. The van der Waals surface area contributed by atoms with Gasteiger partial charge in [0.2, 0.25) is 10.0 Å². The smallest absolute Gasteiger partial charge is 0.279 e. The minimum absolute atomic E-state index is 0.0782. The Morgan fingerprint density at radius 2 is 1.75 bits per heavy atom. The van der Waals surface area contributed by atoms with E-state index in [1.165, 1.54) is 22.0 Å². The van der Waals surface area contributed by atoms with E-state index < -0.39 is 15.8 Å². The number of carbonyl (C=O) groups excluding carboxylic acids is 1. The van der Waals surface area contributed by atoms with Gasteiger partial charge in [0, 0.05) is 11.3 Å². The Kier molecular flexibility index (Phi) is 6.85. The highest BCUT2D eigenvalue weighted by Gasteiger charge is 2.31. The monoisotopic (exact) mass is 525 g/mol. The number of thiazole rings is 1. The van der Waals surface area contributed by atoms with Crippen LogP contribution in [-0.2, 0) is 14.8 Å². The molecule has 0 aliphatic carbocycles. The lowest BCUT2D eigenvalue weighted by molar-refractivity contribution is -0.895. The minimum Gasteiger partial charge on any atom is -0.325 e. The number of anilines is 1. The molecule has 1 aliphatic rings. The second-order valence-corrected chi connectivity index (χ2v) is 11.9. The van der Waals surface area contributed by atoms with Gasteiger partial charge in [0.1, 0.15) is 10.8 Å². The van der Waals surface area contributed by atoms with Gasteiger partial charge in [0.15, 0.2) is 6.54 Å². The van der Waals surface area contributed by atoms with Crippen LogP contribution in [0.4, 0.5) is 10.1 Å². The van der Waals surface area contributed by atoms with Crippen molar-refractivity contribution in [1.29, 1.82) is 0 Å². The van der Waals surface area contributed by atoms with E-state index in [0.717, 1.165) is 37.8 Å². The second-order valence-electron chi connectivity index (χ2n) is 8.90. The van der Waals surface area contributed by atoms with Gasteiger partial charge in [-0.1, -0.05) is 6.07 Å². The number of aromatic nitrogens is 1. The highest BCUT2D eigenvalue weighted by atomic mass is 32.2. The topological polar surface area (TPSA) is 83.8 Å². The standard InChI is InChI=1S/C26H25FN4O3S2/c1-18-2-11-23-24(16-18)35-26(29-23)19-3-7-21(8-4-19)28-25(32)17-30-12-14-31(15-13-30)36(33,34)22-9-5-20(27)6-10-22/h2-11,16H,12-15,17H2,1H3,(H,28,32)/p+1. The lowest BCUT2D eigenvalue weighted by atomic mass is 10.2. The molecule has 2 N–H and O–H groups in total. The number of carbonyl (C=O) groups is 1. The van der Waals surface area contributed by atoms with Crippen LogP contribution in [0.3, 0.4) is 0 Å². The normalized spacial score (nSPS) is 15.3. The summed E-state index contributed by atoms with van der Waals surface area (Å²) in [4.78, 5) is 18.4. The van der Waals surface area contributed by atoms with Crippen molar-refractivity contribution in [1.82, 2.24) is 9.29 Å². The number of nitrogens with zero attached hydrogens (tertiary/aromatic N) is 2. The molecule has 1 fully saturated rings. The summed E-state index contributed by atoms with van der Waals surface area (Å²) in [6, 6.07) is 18.7. The fraction of sp³-hybridized carbons (Fsp3) is 0.231. The summed E-state index contributed by atoms with van der Waals surface area (Å²) in [5, 5.41) is 3.87. The molecule has 0 atom stereocenters. The third kappa shape index (κ3) is 5.31. The predicted octanol–water partition coefficient (Wildman–Crippen LogP) is 2.94. The van der Waals surface area contributed by atoms with Crippen LogP contribution in [0.5, 0.6) is 0 Å². The molecule has 10 heteroatoms. The number of benzene rings is 3. The summed E-state index contributed by atoms with van der Waals surface area (Å²) in [6.45, 7) is 3.96. The summed E-state index contributed by atoms with van der Waals surface area (Å²) in [6.07, 6.45) is 0. The van der Waals surface area contributed by atoms with Crippen LogP contribution in [0.15, 0.2) is 71.6 Å². The van der Waals surface area contributed by atoms with Crippen molar-refractivity contribution in [2.24, 2.45) is 0 Å². The highest BCUT2D eigenvalue weighted by molar-refractivity contribution is 7.89. The van der Waals surface area contributed by atoms with Gasteiger partial charge < -0.3 is 10.2 Å². The molecule has 7 nitrogen and oxygen atoms in total. The van der Waals surface area contributed by atoms with Crippen molar-refractivity contribution < 1.29 is 22.5 Å². The van der Waals surface area contributed by atoms with Crippen LogP contribution < -0.4 is 10.2 Å². The van der Waals surface area contributed by atoms with Gasteiger partial charge in [0.25, 0.3) is 5.91 Å². The summed E-state index contributed by atoms with van der Waals surface area (Å²) in [5.74, 6) is -0.598. The molecule has 1 aromatic heterocycles. The molecule has 0 radical (unpaired) electrons. The molecule has 36 heavy (non-hydrogen) atoms. The molecule has 0 bridgehead atoms. The Bertz CT molecular complexity index is 1490. The zero-order valence-electron chi connectivity index (χ0n) is 19.7. The van der Waals surface area contributed by atoms with Crippen molar-refractivity contribution in [3.63, 3.8) is 0 Å². The number of piperazine rings is 1. The van der Waals surface area contributed by atoms with Gasteiger partial charge in [-0.2, -0.15) is 4.31 Å². The van der Waals surface area contributed by atoms with E-state index in [2.05, 4.69) is 24.4 Å². The maximum atomic E-state index is 13.1. The van der Waals surface area contributed by atoms with Gasteiger partial charge in [-0.15, -0.1) is 11.3 Å². The van der Waals surface area contributed by atoms with E-state index in [1.54, 1.807) is 11.3 Å². The fourth-order valence-corrected chi connectivity index (χ4v) is 6.77. The van der Waals surface area contributed by atoms with Crippen LogP contribution in [0, 0.1) is 12.7 Å². The summed E-state index contributed by atoms with van der Waals surface area (Å²) >= 11 is 1.64. The third-order valence-electron chi connectivity index (χ3n) is 6.25. The largest absolute Gasteiger partial charge is 0.325 e. The maximum absolute atomic E-state index is 13.1. The number of nitrogens with one attached hydrogen (secondary N) is 2. The average molecular weight is 526 g/mol. The van der Waals surface area contributed by atoms with Crippen LogP contribution >= 0.6 is 11.3 Å². The van der Waals surface area contributed by atoms with Crippen molar-refractivity contribution in [3.8, 4) is 10.6 Å². The third-order valence-corrected chi connectivity index (χ3v) is 9.23. The van der Waals surface area contributed by atoms with Gasteiger partial charge in [0.05, 0.1) is 41.3 Å². The van der Waals surface area contributed by atoms with Crippen molar-refractivity contribution in [3.05, 3.63) is 78.1 Å². The number of halogens is 1. The molecule has 0 saturated carbocycles. The molecular formula is C26H26FN4O3S2+. The lowest BCUT2D eigenvalue weighted by Crippen LogP contribution is -3.15. The summed E-state index contributed by atoms with van der Waals surface area (Å²) in [7, 11) is -3.67. The van der Waals surface area contributed by atoms with E-state index in [0.29, 0.717) is 31.9 Å². The van der Waals surface area contributed by atoms with Crippen LogP contribution in [0.25, 0.3) is 20.8 Å². The van der Waals surface area contributed by atoms with Gasteiger partial charge >= 0.3 is 0 Å². The van der Waals surface area contributed by atoms with E-state index >= 15 is 0 Å². The summed E-state index contributed by atoms with van der Waals surface area (Å²) in [5.41, 5.74) is 3.88. The van der Waals surface area contributed by atoms with E-state index in [9.17, 15) is 17.6 Å². The van der Waals surface area contributed by atoms with E-state index in [4.69, 9.17) is 4.98 Å². The quantitative estimate of drug-likeness (QED) is 0.406. The van der Waals surface area contributed by atoms with Crippen molar-refractivity contribution >= 4 is 43.2 Å². The molecule has 0 unspecified atom stereocenters. The number of hydrogen-bond acceptors (Lipinski definition) is 5. The molecule has 5 rings (SSSR count). The predicted molar refractivity (Wildman–Crippen MR) is 139 cm³/mol. The molecule has 1 aliphatic heterocycles. The fourth-order valence-electron chi connectivity index (χ4n) is 4.26. The molecule has 0 spiro atoms. The number of sulfonamides is 1. The maximum Gasteiger partial charge on any atom is 0.279 e. The number of aryl methyl sites for hydroxylation is 1. The Hall–Kier alpha value is -3.18. The number of hydrogen-bond donors (Lipinski definition) is 2. The molecule has 2 heterocycles. The first-order valence-corrected chi connectivity index (χ1v) is 13.9. The molecule has 4 aromatic rings. The zero-order valence-corrected chi connectivity index (χ0v) is 21.3. The minimum atomic E-state index is -3.67. The first kappa shape index (κ1) is 24.5. The Labute approximate surface area is 213 Å². The average Bonchev–Trinajstić information content (AvgIpc) is 3.28. The Morgan fingerprint density at radius 3 is 2.44 bits per heavy atom. The van der Waals surface area contributed by atoms with Crippen molar-refractivity contribution in [2.75, 3.05) is 38.0 Å². The second kappa shape index (κ2) is 10.1. The number of rotatable bonds is 6. The lowest BCUT2D eigenvalue weighted by Gasteiger charge is -2.31. The molecular weight excluding hydrogens is 499 g/mol. The highest BCUT2D eigenvalue weighted by Crippen LogP contribution is 2.31. The van der Waals surface area contributed by atoms with E-state index in [1.807, 2.05) is 30.3 Å². The van der Waals surface area contributed by atoms with Crippen LogP contribution in [0.1, 0.15) is 5.56 Å². The van der Waals surface area contributed by atoms with Crippen molar-refractivity contribution in [2.45, 2.75) is 11.8 Å². The van der Waals surface area contributed by atoms with Crippen LogP contribution in [0.2, 0.25) is 0 Å². The van der Waals surface area contributed by atoms with Gasteiger partial charge in [-0.05, 0) is 73.2 Å². The number of amides is 1. The molecule has 186 valence electrons. The van der Waals surface area contributed by atoms with Gasteiger partial charge in [-0.25, -0.2) is 17.8 Å². The van der Waals surface area contributed by atoms with E-state index in [-0.39, 0.29) is 17.3 Å². The Morgan fingerprint density at radius 1 is 1.06 bits per heavy atom. The Balaban J connectivity index is 1.15. The van der Waals surface area contributed by atoms with Gasteiger partial charge in [-0.3, -0.25) is 4.79 Å². The molecule has 1 saturated heterocycles. The first-order chi connectivity index (χ1) is 17.3. The van der Waals surface area contributed by atoms with Crippen LogP contribution in [-0.4, -0.2) is 56.3 Å². The molecule has 3 aromatic carbocycles. The first-order valence-electron chi connectivity index (χ1n) is 11.6.